The van der Waals surface area contributed by atoms with E-state index in [1.54, 1.807) is 0 Å². The Morgan fingerprint density at radius 2 is 2.44 bits per heavy atom. The minimum absolute atomic E-state index is 0.161. The smallest absolute Gasteiger partial charge is 0.116 e. The molecular formula is C5H13FOP2. The molecule has 4 heteroatoms. The largest absolute Gasteiger partial charge is 0.353 e. The maximum atomic E-state index is 11.9. The maximum absolute atomic E-state index is 11.9. The second kappa shape index (κ2) is 6.86. The van der Waals surface area contributed by atoms with Gasteiger partial charge in [-0.15, -0.1) is 0 Å². The Bertz CT molecular complexity index is 56.9. The van der Waals surface area contributed by atoms with Crippen LogP contribution in [0.4, 0.5) is 4.39 Å². The molecule has 0 aliphatic rings. The predicted molar refractivity (Wildman–Crippen MR) is 43.8 cm³/mol. The van der Waals surface area contributed by atoms with E-state index in [1.807, 2.05) is 6.92 Å². The van der Waals surface area contributed by atoms with Crippen LogP contribution in [0.3, 0.4) is 0 Å². The lowest BCUT2D eigenvalue weighted by molar-refractivity contribution is 0.180. The lowest BCUT2D eigenvalue weighted by Crippen LogP contribution is -2.09. The van der Waals surface area contributed by atoms with Crippen molar-refractivity contribution in [1.82, 2.24) is 0 Å². The molecule has 56 valence electrons. The normalized spacial score (nSPS) is 15.0. The van der Waals surface area contributed by atoms with Crippen molar-refractivity contribution in [3.63, 3.8) is 0 Å². The van der Waals surface area contributed by atoms with Gasteiger partial charge in [-0.3, -0.25) is 0 Å². The highest BCUT2D eigenvalue weighted by molar-refractivity contribution is 8.00. The van der Waals surface area contributed by atoms with Crippen LogP contribution in [0.25, 0.3) is 0 Å². The quantitative estimate of drug-likeness (QED) is 0.576. The molecule has 3 unspecified atom stereocenters. The summed E-state index contributed by atoms with van der Waals surface area (Å²) in [6.45, 7) is 1.67. The van der Waals surface area contributed by atoms with E-state index in [0.717, 1.165) is 12.8 Å². The first kappa shape index (κ1) is 9.75. The zero-order valence-corrected chi connectivity index (χ0v) is 7.72. The van der Waals surface area contributed by atoms with Gasteiger partial charge in [0.2, 0.25) is 0 Å². The van der Waals surface area contributed by atoms with Crippen LogP contribution in [0.2, 0.25) is 0 Å². The van der Waals surface area contributed by atoms with Crippen LogP contribution < -0.4 is 0 Å². The van der Waals surface area contributed by atoms with Crippen molar-refractivity contribution in [2.45, 2.75) is 25.9 Å². The van der Waals surface area contributed by atoms with Crippen LogP contribution in [0.5, 0.6) is 0 Å². The summed E-state index contributed by atoms with van der Waals surface area (Å²) in [6.07, 6.45) is 1.66. The fourth-order valence-corrected chi connectivity index (χ4v) is 1.54. The molecule has 0 aliphatic carbocycles. The SMILES string of the molecule is CCCC(CF)OPP. The van der Waals surface area contributed by atoms with E-state index in [1.165, 1.54) is 0 Å². The van der Waals surface area contributed by atoms with E-state index in [2.05, 4.69) is 8.93 Å². The molecule has 0 fully saturated rings. The molecule has 0 aliphatic heterocycles. The second-order valence-corrected chi connectivity index (χ2v) is 2.98. The maximum Gasteiger partial charge on any atom is 0.116 e. The summed E-state index contributed by atoms with van der Waals surface area (Å²) in [5, 5.41) is 0. The zero-order chi connectivity index (χ0) is 7.11. The first-order valence-corrected chi connectivity index (χ1v) is 5.74. The van der Waals surface area contributed by atoms with E-state index >= 15 is 0 Å². The highest BCUT2D eigenvalue weighted by Crippen LogP contribution is 2.25. The van der Waals surface area contributed by atoms with Gasteiger partial charge in [-0.2, -0.15) is 0 Å². The molecule has 3 atom stereocenters. The fourth-order valence-electron chi connectivity index (χ4n) is 0.586. The standard InChI is InChI=1S/C5H13FOP2/c1-2-3-5(4-6)7-9-8/h5,9H,2-4,8H2,1H3. The molecule has 0 aromatic rings. The molecule has 0 saturated heterocycles. The van der Waals surface area contributed by atoms with Gasteiger partial charge in [0, 0.05) is 8.50 Å². The van der Waals surface area contributed by atoms with Crippen molar-refractivity contribution in [2.24, 2.45) is 0 Å². The second-order valence-electron chi connectivity index (χ2n) is 1.80. The Hall–Kier alpha value is 0.750. The average molecular weight is 170 g/mol. The Morgan fingerprint density at radius 3 is 2.78 bits per heavy atom. The van der Waals surface area contributed by atoms with Gasteiger partial charge in [-0.1, -0.05) is 22.3 Å². The van der Waals surface area contributed by atoms with Gasteiger partial charge in [0.15, 0.2) is 0 Å². The van der Waals surface area contributed by atoms with Crippen LogP contribution in [-0.2, 0) is 4.52 Å². The van der Waals surface area contributed by atoms with Crippen molar-refractivity contribution in [3.05, 3.63) is 0 Å². The van der Waals surface area contributed by atoms with Gasteiger partial charge >= 0.3 is 0 Å². The van der Waals surface area contributed by atoms with Crippen molar-refractivity contribution >= 4 is 17.4 Å². The van der Waals surface area contributed by atoms with Gasteiger partial charge in [0.05, 0.1) is 6.10 Å². The van der Waals surface area contributed by atoms with Crippen LogP contribution in [0, 0.1) is 0 Å². The third-order valence-electron chi connectivity index (χ3n) is 1.02. The van der Waals surface area contributed by atoms with E-state index in [-0.39, 0.29) is 12.8 Å². The minimum Gasteiger partial charge on any atom is -0.353 e. The monoisotopic (exact) mass is 170 g/mol. The molecule has 0 bridgehead atoms. The van der Waals surface area contributed by atoms with E-state index in [0.29, 0.717) is 8.50 Å². The topological polar surface area (TPSA) is 9.23 Å². The molecule has 0 saturated carbocycles. The molecule has 0 rings (SSSR count). The van der Waals surface area contributed by atoms with Gasteiger partial charge in [0.25, 0.3) is 0 Å². The zero-order valence-electron chi connectivity index (χ0n) is 5.56. The van der Waals surface area contributed by atoms with Crippen molar-refractivity contribution < 1.29 is 8.91 Å². The third-order valence-corrected chi connectivity index (χ3v) is 1.90. The highest BCUT2D eigenvalue weighted by atomic mass is 32.0. The summed E-state index contributed by atoms with van der Waals surface area (Å²) < 4.78 is 16.9. The number of hydrogen-bond donors (Lipinski definition) is 0. The third kappa shape index (κ3) is 5.21. The number of hydrogen-bond acceptors (Lipinski definition) is 1. The van der Waals surface area contributed by atoms with Gasteiger partial charge < -0.3 is 4.52 Å². The fraction of sp³-hybridized carbons (Fsp3) is 1.00. The summed E-state index contributed by atoms with van der Waals surface area (Å²) >= 11 is 0. The number of halogens is 1. The first-order valence-electron chi connectivity index (χ1n) is 3.02. The van der Waals surface area contributed by atoms with E-state index < -0.39 is 0 Å². The minimum atomic E-state index is -0.352. The summed E-state index contributed by atoms with van der Waals surface area (Å²) in [6, 6.07) is 0. The van der Waals surface area contributed by atoms with Gasteiger partial charge in [-0.05, 0) is 6.42 Å². The molecule has 0 heterocycles. The van der Waals surface area contributed by atoms with Crippen molar-refractivity contribution in [2.75, 3.05) is 6.67 Å². The molecule has 0 spiro atoms. The van der Waals surface area contributed by atoms with Gasteiger partial charge in [0.1, 0.15) is 6.67 Å². The Kier molecular flexibility index (Phi) is 7.44. The summed E-state index contributed by atoms with van der Waals surface area (Å²) in [4.78, 5) is 0. The molecule has 1 nitrogen and oxygen atoms in total. The van der Waals surface area contributed by atoms with Crippen LogP contribution in [0.15, 0.2) is 0 Å². The lowest BCUT2D eigenvalue weighted by atomic mass is 10.2. The Balaban J connectivity index is 3.18. The molecule has 0 aromatic heterocycles. The number of alkyl halides is 1. The van der Waals surface area contributed by atoms with Crippen molar-refractivity contribution in [3.8, 4) is 0 Å². The Morgan fingerprint density at radius 1 is 1.78 bits per heavy atom. The van der Waals surface area contributed by atoms with E-state index in [4.69, 9.17) is 4.52 Å². The van der Waals surface area contributed by atoms with Crippen LogP contribution in [0.1, 0.15) is 19.8 Å². The van der Waals surface area contributed by atoms with Crippen LogP contribution in [-0.4, -0.2) is 12.8 Å². The predicted octanol–water partition coefficient (Wildman–Crippen LogP) is 2.52. The molecule has 0 amide bonds. The lowest BCUT2D eigenvalue weighted by Gasteiger charge is -2.09. The van der Waals surface area contributed by atoms with Crippen LogP contribution >= 0.6 is 17.4 Å². The summed E-state index contributed by atoms with van der Waals surface area (Å²) in [7, 11) is 2.77. The Labute approximate surface area is 59.7 Å². The first-order chi connectivity index (χ1) is 4.35. The molecular weight excluding hydrogens is 157 g/mol. The van der Waals surface area contributed by atoms with E-state index in [9.17, 15) is 4.39 Å². The molecule has 0 N–H and O–H groups in total. The van der Waals surface area contributed by atoms with Gasteiger partial charge in [-0.25, -0.2) is 4.39 Å². The number of rotatable bonds is 5. The average Bonchev–Trinajstić information content (AvgIpc) is 1.88. The summed E-state index contributed by atoms with van der Waals surface area (Å²) in [5.74, 6) is 0. The molecule has 9 heavy (non-hydrogen) atoms. The van der Waals surface area contributed by atoms with Crippen molar-refractivity contribution in [1.29, 1.82) is 0 Å². The molecule has 0 radical (unpaired) electrons. The molecule has 0 aromatic carbocycles. The summed E-state index contributed by atoms with van der Waals surface area (Å²) in [5.41, 5.74) is 0. The highest BCUT2D eigenvalue weighted by Gasteiger charge is 2.04.